The maximum atomic E-state index is 11.8. The molecule has 16 heavy (non-hydrogen) atoms. The lowest BCUT2D eigenvalue weighted by Crippen LogP contribution is -2.42. The molecule has 2 rings (SSSR count). The van der Waals surface area contributed by atoms with Gasteiger partial charge in [0, 0.05) is 24.4 Å². The number of rotatable bonds is 5. The molecule has 2 unspecified atom stereocenters. The van der Waals surface area contributed by atoms with E-state index in [4.69, 9.17) is 0 Å². The molecule has 1 amide bonds. The molecule has 0 spiro atoms. The fourth-order valence-electron chi connectivity index (χ4n) is 2.45. The van der Waals surface area contributed by atoms with Crippen LogP contribution in [0.3, 0.4) is 0 Å². The summed E-state index contributed by atoms with van der Waals surface area (Å²) in [6, 6.07) is 1.08. The van der Waals surface area contributed by atoms with Crippen molar-refractivity contribution in [2.75, 3.05) is 19.8 Å². The van der Waals surface area contributed by atoms with Gasteiger partial charge in [0.2, 0.25) is 5.91 Å². The van der Waals surface area contributed by atoms with Crippen LogP contribution in [-0.2, 0) is 4.79 Å². The Kier molecular flexibility index (Phi) is 4.14. The van der Waals surface area contributed by atoms with Crippen LogP contribution in [0.1, 0.15) is 32.1 Å². The molecule has 0 aromatic heterocycles. The van der Waals surface area contributed by atoms with Crippen LogP contribution < -0.4 is 5.32 Å². The molecule has 2 fully saturated rings. The smallest absolute Gasteiger partial charge is 0.236 e. The number of carbonyl (C=O) groups excluding carboxylic acids is 1. The maximum Gasteiger partial charge on any atom is 0.236 e. The minimum absolute atomic E-state index is 0.259. The zero-order chi connectivity index (χ0) is 11.5. The molecular formula is C12H22N2OS. The molecule has 0 saturated heterocycles. The molecule has 2 aliphatic rings. The van der Waals surface area contributed by atoms with E-state index in [0.717, 1.165) is 0 Å². The molecule has 0 bridgehead atoms. The summed E-state index contributed by atoms with van der Waals surface area (Å²) in [6.45, 7) is 0.523. The van der Waals surface area contributed by atoms with E-state index in [1.807, 2.05) is 23.7 Å². The molecule has 92 valence electrons. The molecule has 0 aliphatic heterocycles. The normalized spacial score (nSPS) is 29.4. The third kappa shape index (κ3) is 2.92. The second kappa shape index (κ2) is 5.41. The molecule has 4 heteroatoms. The lowest BCUT2D eigenvalue weighted by atomic mass is 10.2. The first-order valence-electron chi connectivity index (χ1n) is 6.24. The van der Waals surface area contributed by atoms with E-state index in [1.54, 1.807) is 0 Å². The first-order chi connectivity index (χ1) is 7.72. The van der Waals surface area contributed by atoms with Gasteiger partial charge in [-0.1, -0.05) is 6.42 Å². The van der Waals surface area contributed by atoms with Crippen molar-refractivity contribution in [3.8, 4) is 0 Å². The monoisotopic (exact) mass is 242 g/mol. The van der Waals surface area contributed by atoms with E-state index in [2.05, 4.69) is 11.6 Å². The number of likely N-dealkylation sites (N-methyl/N-ethyl adjacent to an activating group) is 1. The SMILES string of the molecule is CSC1CCCC1NCC(=O)N(C)C1CC1. The highest BCUT2D eigenvalue weighted by Crippen LogP contribution is 2.28. The van der Waals surface area contributed by atoms with Gasteiger partial charge in [-0.25, -0.2) is 0 Å². The van der Waals surface area contributed by atoms with Gasteiger partial charge in [-0.2, -0.15) is 11.8 Å². The summed E-state index contributed by atoms with van der Waals surface area (Å²) in [5.74, 6) is 0.259. The minimum atomic E-state index is 0.259. The molecule has 3 nitrogen and oxygen atoms in total. The van der Waals surface area contributed by atoms with Crippen LogP contribution in [0, 0.1) is 0 Å². The minimum Gasteiger partial charge on any atom is -0.342 e. The standard InChI is InChI=1S/C12H22N2OS/c1-14(9-6-7-9)12(15)8-13-10-4-3-5-11(10)16-2/h9-11,13H,3-8H2,1-2H3. The van der Waals surface area contributed by atoms with Gasteiger partial charge in [-0.05, 0) is 31.9 Å². The van der Waals surface area contributed by atoms with Crippen molar-refractivity contribution >= 4 is 17.7 Å². The molecule has 2 atom stereocenters. The first-order valence-corrected chi connectivity index (χ1v) is 7.53. The van der Waals surface area contributed by atoms with Gasteiger partial charge in [0.1, 0.15) is 0 Å². The van der Waals surface area contributed by atoms with Crippen LogP contribution in [0.15, 0.2) is 0 Å². The largest absolute Gasteiger partial charge is 0.342 e. The Bertz CT molecular complexity index is 255. The Morgan fingerprint density at radius 2 is 2.12 bits per heavy atom. The van der Waals surface area contributed by atoms with Crippen molar-refractivity contribution in [2.24, 2.45) is 0 Å². The predicted octanol–water partition coefficient (Wildman–Crippen LogP) is 1.48. The molecule has 2 saturated carbocycles. The summed E-state index contributed by atoms with van der Waals surface area (Å²) in [5, 5.41) is 4.14. The van der Waals surface area contributed by atoms with Crippen LogP contribution in [0.2, 0.25) is 0 Å². The van der Waals surface area contributed by atoms with E-state index < -0.39 is 0 Å². The number of nitrogens with one attached hydrogen (secondary N) is 1. The predicted molar refractivity (Wildman–Crippen MR) is 68.7 cm³/mol. The van der Waals surface area contributed by atoms with E-state index in [0.29, 0.717) is 23.9 Å². The lowest BCUT2D eigenvalue weighted by molar-refractivity contribution is -0.129. The van der Waals surface area contributed by atoms with E-state index in [1.165, 1.54) is 32.1 Å². The lowest BCUT2D eigenvalue weighted by Gasteiger charge is -2.21. The fourth-order valence-corrected chi connectivity index (χ4v) is 3.41. The van der Waals surface area contributed by atoms with Crippen molar-refractivity contribution in [2.45, 2.75) is 49.4 Å². The van der Waals surface area contributed by atoms with Crippen molar-refractivity contribution in [1.82, 2.24) is 10.2 Å². The number of amides is 1. The third-order valence-corrected chi connectivity index (χ3v) is 4.93. The van der Waals surface area contributed by atoms with Gasteiger partial charge in [0.05, 0.1) is 6.54 Å². The molecule has 0 heterocycles. The summed E-state index contributed by atoms with van der Waals surface area (Å²) in [4.78, 5) is 13.7. The molecular weight excluding hydrogens is 220 g/mol. The van der Waals surface area contributed by atoms with Crippen molar-refractivity contribution in [3.63, 3.8) is 0 Å². The number of hydrogen-bond donors (Lipinski definition) is 1. The Morgan fingerprint density at radius 1 is 1.38 bits per heavy atom. The summed E-state index contributed by atoms with van der Waals surface area (Å²) in [7, 11) is 1.93. The van der Waals surface area contributed by atoms with E-state index in [9.17, 15) is 4.79 Å². The summed E-state index contributed by atoms with van der Waals surface area (Å²) in [5.41, 5.74) is 0. The molecule has 0 aromatic carbocycles. The topological polar surface area (TPSA) is 32.3 Å². The van der Waals surface area contributed by atoms with Crippen molar-refractivity contribution in [3.05, 3.63) is 0 Å². The van der Waals surface area contributed by atoms with Gasteiger partial charge in [0.25, 0.3) is 0 Å². The number of nitrogens with zero attached hydrogens (tertiary/aromatic N) is 1. The quantitative estimate of drug-likeness (QED) is 0.792. The summed E-state index contributed by atoms with van der Waals surface area (Å²) >= 11 is 1.93. The Morgan fingerprint density at radius 3 is 2.75 bits per heavy atom. The van der Waals surface area contributed by atoms with Crippen molar-refractivity contribution < 1.29 is 4.79 Å². The zero-order valence-corrected chi connectivity index (χ0v) is 11.1. The Labute approximate surface area is 102 Å². The second-order valence-electron chi connectivity index (χ2n) is 4.93. The number of carbonyl (C=O) groups is 1. The molecule has 0 aromatic rings. The van der Waals surface area contributed by atoms with Crippen LogP contribution in [0.25, 0.3) is 0 Å². The number of hydrogen-bond acceptors (Lipinski definition) is 3. The number of thioether (sulfide) groups is 1. The average Bonchev–Trinajstić information content (AvgIpc) is 3.04. The molecule has 2 aliphatic carbocycles. The summed E-state index contributed by atoms with van der Waals surface area (Å²) < 4.78 is 0. The van der Waals surface area contributed by atoms with Gasteiger partial charge in [-0.3, -0.25) is 4.79 Å². The summed E-state index contributed by atoms with van der Waals surface area (Å²) in [6.07, 6.45) is 8.38. The highest BCUT2D eigenvalue weighted by atomic mass is 32.2. The van der Waals surface area contributed by atoms with E-state index >= 15 is 0 Å². The van der Waals surface area contributed by atoms with Gasteiger partial charge in [-0.15, -0.1) is 0 Å². The van der Waals surface area contributed by atoms with E-state index in [-0.39, 0.29) is 5.91 Å². The van der Waals surface area contributed by atoms with Crippen LogP contribution in [0.5, 0.6) is 0 Å². The van der Waals surface area contributed by atoms with Gasteiger partial charge < -0.3 is 10.2 Å². The first kappa shape index (κ1) is 12.2. The van der Waals surface area contributed by atoms with Crippen LogP contribution in [-0.4, -0.2) is 48.0 Å². The van der Waals surface area contributed by atoms with Crippen molar-refractivity contribution in [1.29, 1.82) is 0 Å². The fraction of sp³-hybridized carbons (Fsp3) is 0.917. The Hall–Kier alpha value is -0.220. The van der Waals surface area contributed by atoms with Gasteiger partial charge in [0.15, 0.2) is 0 Å². The third-order valence-electron chi connectivity index (χ3n) is 3.76. The highest BCUT2D eigenvalue weighted by Gasteiger charge is 2.31. The maximum absolute atomic E-state index is 11.8. The highest BCUT2D eigenvalue weighted by molar-refractivity contribution is 7.99. The van der Waals surface area contributed by atoms with Gasteiger partial charge >= 0.3 is 0 Å². The second-order valence-corrected chi connectivity index (χ2v) is 6.01. The molecule has 1 N–H and O–H groups in total. The zero-order valence-electron chi connectivity index (χ0n) is 10.2. The Balaban J connectivity index is 1.71. The molecule has 0 radical (unpaired) electrons. The average molecular weight is 242 g/mol. The van der Waals surface area contributed by atoms with Crippen LogP contribution in [0.4, 0.5) is 0 Å². The van der Waals surface area contributed by atoms with Crippen LogP contribution >= 0.6 is 11.8 Å².